The van der Waals surface area contributed by atoms with E-state index in [1.165, 1.54) is 23.8 Å². The minimum absolute atomic E-state index is 0.0275. The second kappa shape index (κ2) is 12.2. The summed E-state index contributed by atoms with van der Waals surface area (Å²) in [5.41, 5.74) is 1.67. The van der Waals surface area contributed by atoms with Gasteiger partial charge in [-0.15, -0.1) is 21.5 Å². The number of esters is 1. The van der Waals surface area contributed by atoms with Crippen molar-refractivity contribution in [3.8, 4) is 5.75 Å². The summed E-state index contributed by atoms with van der Waals surface area (Å²) in [6.07, 6.45) is -0.346. The minimum Gasteiger partial charge on any atom is -0.482 e. The number of benzene rings is 1. The third-order valence-electron chi connectivity index (χ3n) is 5.54. The molecule has 2 heterocycles. The number of hydrogen-bond donors (Lipinski definition) is 1. The van der Waals surface area contributed by atoms with Crippen LogP contribution in [-0.4, -0.2) is 64.4 Å². The number of aromatic nitrogens is 3. The number of carbonyl (C=O) groups is 3. The van der Waals surface area contributed by atoms with Crippen LogP contribution in [-0.2, 0) is 16.1 Å². The standard InChI is InChI=1S/C25H31N5O5S2/c1-8-30-21(16(4)35-17-12-10-9-11-14(17)2)27-28-25(30)36-13-18(31)26-22-19(24(33)34-7)15(3)20(37-22)23(32)29(5)6/h9-12,16H,8,13H2,1-7H3,(H,26,31). The van der Waals surface area contributed by atoms with Crippen LogP contribution in [0.1, 0.15) is 56.9 Å². The van der Waals surface area contributed by atoms with Crippen molar-refractivity contribution in [1.29, 1.82) is 0 Å². The number of methoxy groups -OCH3 is 1. The maximum Gasteiger partial charge on any atom is 0.341 e. The highest BCUT2D eigenvalue weighted by atomic mass is 32.2. The Morgan fingerprint density at radius 2 is 1.89 bits per heavy atom. The number of anilines is 1. The first-order valence-corrected chi connectivity index (χ1v) is 13.4. The molecule has 0 aliphatic carbocycles. The average Bonchev–Trinajstić information content (AvgIpc) is 3.43. The number of rotatable bonds is 10. The Morgan fingerprint density at radius 3 is 2.51 bits per heavy atom. The fourth-order valence-electron chi connectivity index (χ4n) is 3.59. The van der Waals surface area contributed by atoms with Crippen molar-refractivity contribution < 1.29 is 23.9 Å². The lowest BCUT2D eigenvalue weighted by Gasteiger charge is -2.17. The first-order chi connectivity index (χ1) is 17.6. The lowest BCUT2D eigenvalue weighted by molar-refractivity contribution is -0.113. The Bertz CT molecular complexity index is 1300. The van der Waals surface area contributed by atoms with Crippen molar-refractivity contribution in [3.63, 3.8) is 0 Å². The third kappa shape index (κ3) is 6.31. The molecular weight excluding hydrogens is 514 g/mol. The summed E-state index contributed by atoms with van der Waals surface area (Å²) in [7, 11) is 4.51. The van der Waals surface area contributed by atoms with Gasteiger partial charge in [-0.25, -0.2) is 4.79 Å². The van der Waals surface area contributed by atoms with E-state index >= 15 is 0 Å². The van der Waals surface area contributed by atoms with Gasteiger partial charge in [0.05, 0.1) is 23.3 Å². The van der Waals surface area contributed by atoms with Gasteiger partial charge in [0.2, 0.25) is 5.91 Å². The van der Waals surface area contributed by atoms with Gasteiger partial charge in [-0.1, -0.05) is 30.0 Å². The number of thioether (sulfide) groups is 1. The van der Waals surface area contributed by atoms with Gasteiger partial charge in [0.15, 0.2) is 17.1 Å². The molecule has 10 nitrogen and oxygen atoms in total. The molecule has 3 rings (SSSR count). The predicted octanol–water partition coefficient (Wildman–Crippen LogP) is 4.34. The summed E-state index contributed by atoms with van der Waals surface area (Å²) in [5.74, 6) is 0.230. The molecule has 0 aliphatic rings. The van der Waals surface area contributed by atoms with E-state index in [-0.39, 0.29) is 34.2 Å². The van der Waals surface area contributed by atoms with Crippen LogP contribution >= 0.6 is 23.1 Å². The molecule has 2 amide bonds. The first-order valence-electron chi connectivity index (χ1n) is 11.6. The molecule has 1 N–H and O–H groups in total. The summed E-state index contributed by atoms with van der Waals surface area (Å²) in [5, 5.41) is 12.2. The average molecular weight is 546 g/mol. The van der Waals surface area contributed by atoms with Crippen LogP contribution in [0.25, 0.3) is 0 Å². The number of nitrogens with zero attached hydrogens (tertiary/aromatic N) is 4. The van der Waals surface area contributed by atoms with Gasteiger partial charge in [-0.2, -0.15) is 0 Å². The van der Waals surface area contributed by atoms with Crippen LogP contribution in [0.2, 0.25) is 0 Å². The summed E-state index contributed by atoms with van der Waals surface area (Å²) in [6.45, 7) is 8.12. The zero-order valence-corrected chi connectivity index (χ0v) is 23.6. The second-order valence-electron chi connectivity index (χ2n) is 8.40. The van der Waals surface area contributed by atoms with Crippen molar-refractivity contribution >= 4 is 45.9 Å². The molecule has 3 aromatic rings. The highest BCUT2D eigenvalue weighted by molar-refractivity contribution is 7.99. The maximum absolute atomic E-state index is 12.8. The molecular formula is C25H31N5O5S2. The Hall–Kier alpha value is -3.38. The normalized spacial score (nSPS) is 11.6. The second-order valence-corrected chi connectivity index (χ2v) is 10.4. The van der Waals surface area contributed by atoms with Crippen molar-refractivity contribution in [2.45, 2.75) is 45.5 Å². The third-order valence-corrected chi connectivity index (χ3v) is 7.71. The van der Waals surface area contributed by atoms with Gasteiger partial charge < -0.3 is 24.3 Å². The fraction of sp³-hybridized carbons (Fsp3) is 0.400. The summed E-state index contributed by atoms with van der Waals surface area (Å²) in [6, 6.07) is 7.75. The van der Waals surface area contributed by atoms with E-state index in [1.807, 2.05) is 49.6 Å². The Kier molecular flexibility index (Phi) is 9.33. The van der Waals surface area contributed by atoms with E-state index in [9.17, 15) is 14.4 Å². The minimum atomic E-state index is -0.618. The summed E-state index contributed by atoms with van der Waals surface area (Å²) in [4.78, 5) is 39.6. The van der Waals surface area contributed by atoms with E-state index in [1.54, 1.807) is 21.0 Å². The van der Waals surface area contributed by atoms with Crippen LogP contribution in [0.4, 0.5) is 5.00 Å². The van der Waals surface area contributed by atoms with Crippen LogP contribution in [0.3, 0.4) is 0 Å². The van der Waals surface area contributed by atoms with Crippen LogP contribution in [0.15, 0.2) is 29.4 Å². The first kappa shape index (κ1) is 28.2. The smallest absolute Gasteiger partial charge is 0.341 e. The lowest BCUT2D eigenvalue weighted by atomic mass is 10.1. The zero-order chi connectivity index (χ0) is 27.3. The molecule has 37 heavy (non-hydrogen) atoms. The number of thiophene rings is 1. The number of nitrogens with one attached hydrogen (secondary N) is 1. The largest absolute Gasteiger partial charge is 0.482 e. The Balaban J connectivity index is 1.74. The van der Waals surface area contributed by atoms with E-state index in [2.05, 4.69) is 15.5 Å². The molecule has 2 aromatic heterocycles. The molecule has 1 unspecified atom stereocenters. The van der Waals surface area contributed by atoms with E-state index in [0.29, 0.717) is 28.0 Å². The molecule has 0 saturated heterocycles. The maximum atomic E-state index is 12.8. The topological polar surface area (TPSA) is 116 Å². The van der Waals surface area contributed by atoms with Gasteiger partial charge in [-0.3, -0.25) is 9.59 Å². The monoisotopic (exact) mass is 545 g/mol. The van der Waals surface area contributed by atoms with E-state index in [0.717, 1.165) is 22.6 Å². The molecule has 0 bridgehead atoms. The molecule has 0 radical (unpaired) electrons. The number of carbonyl (C=O) groups excluding carboxylic acids is 3. The Morgan fingerprint density at radius 1 is 1.19 bits per heavy atom. The molecule has 198 valence electrons. The predicted molar refractivity (Wildman–Crippen MR) is 144 cm³/mol. The summed E-state index contributed by atoms with van der Waals surface area (Å²) >= 11 is 2.27. The number of hydrogen-bond acceptors (Lipinski definition) is 9. The van der Waals surface area contributed by atoms with Crippen LogP contribution in [0.5, 0.6) is 5.75 Å². The van der Waals surface area contributed by atoms with Gasteiger partial charge in [0.1, 0.15) is 10.8 Å². The van der Waals surface area contributed by atoms with E-state index < -0.39 is 5.97 Å². The Labute approximate surface area is 224 Å². The van der Waals surface area contributed by atoms with Crippen LogP contribution in [0, 0.1) is 13.8 Å². The van der Waals surface area contributed by atoms with E-state index in [4.69, 9.17) is 9.47 Å². The van der Waals surface area contributed by atoms with Crippen molar-refractivity contribution in [3.05, 3.63) is 51.7 Å². The quantitative estimate of drug-likeness (QED) is 0.296. The molecule has 0 saturated carbocycles. The van der Waals surface area contributed by atoms with Gasteiger partial charge >= 0.3 is 5.97 Å². The van der Waals surface area contributed by atoms with Gasteiger partial charge in [0, 0.05) is 20.6 Å². The van der Waals surface area contributed by atoms with Gasteiger partial charge in [0.25, 0.3) is 5.91 Å². The fourth-order valence-corrected chi connectivity index (χ4v) is 5.63. The molecule has 0 aliphatic heterocycles. The molecule has 12 heteroatoms. The molecule has 1 aromatic carbocycles. The van der Waals surface area contributed by atoms with Gasteiger partial charge in [-0.05, 0) is 44.9 Å². The lowest BCUT2D eigenvalue weighted by Crippen LogP contribution is -2.21. The van der Waals surface area contributed by atoms with Crippen molar-refractivity contribution in [2.24, 2.45) is 0 Å². The molecule has 1 atom stereocenters. The number of para-hydroxylation sites is 1. The SMILES string of the molecule is CCn1c(SCC(=O)Nc2sc(C(=O)N(C)C)c(C)c2C(=O)OC)nnc1C(C)Oc1ccccc1C. The summed E-state index contributed by atoms with van der Waals surface area (Å²) < 4.78 is 12.9. The van der Waals surface area contributed by atoms with Crippen LogP contribution < -0.4 is 10.1 Å². The number of aryl methyl sites for hydroxylation is 1. The number of amides is 2. The highest BCUT2D eigenvalue weighted by Gasteiger charge is 2.27. The molecule has 0 spiro atoms. The van der Waals surface area contributed by atoms with Crippen molar-refractivity contribution in [2.75, 3.05) is 32.3 Å². The molecule has 0 fully saturated rings. The zero-order valence-electron chi connectivity index (χ0n) is 21.9. The highest BCUT2D eigenvalue weighted by Crippen LogP contribution is 2.34. The number of ether oxygens (including phenoxy) is 2. The van der Waals surface area contributed by atoms with Crippen molar-refractivity contribution in [1.82, 2.24) is 19.7 Å².